The van der Waals surface area contributed by atoms with Crippen LogP contribution >= 0.6 is 0 Å². The summed E-state index contributed by atoms with van der Waals surface area (Å²) in [6, 6.07) is 18.4. The SMILES string of the molecule is Cc1ccc(CN(C(=O)C2CC2)c2ccccc2)cc1. The van der Waals surface area contributed by atoms with Crippen molar-refractivity contribution >= 4 is 11.6 Å². The Kier molecular flexibility index (Phi) is 3.55. The van der Waals surface area contributed by atoms with Crippen molar-refractivity contribution in [3.8, 4) is 0 Å². The molecule has 1 fully saturated rings. The maximum Gasteiger partial charge on any atom is 0.230 e. The number of carbonyl (C=O) groups excluding carboxylic acids is 1. The smallest absolute Gasteiger partial charge is 0.230 e. The van der Waals surface area contributed by atoms with Crippen LogP contribution in [0.15, 0.2) is 54.6 Å². The van der Waals surface area contributed by atoms with Gasteiger partial charge in [-0.05, 0) is 37.5 Å². The Morgan fingerprint density at radius 2 is 1.70 bits per heavy atom. The lowest BCUT2D eigenvalue weighted by Crippen LogP contribution is -2.31. The molecule has 1 amide bonds. The molecule has 2 aromatic carbocycles. The third kappa shape index (κ3) is 2.90. The third-order valence-electron chi connectivity index (χ3n) is 3.72. The molecule has 0 unspecified atom stereocenters. The van der Waals surface area contributed by atoms with Crippen LogP contribution in [0.2, 0.25) is 0 Å². The van der Waals surface area contributed by atoms with E-state index < -0.39 is 0 Å². The Bertz CT molecular complexity index is 585. The van der Waals surface area contributed by atoms with Crippen molar-refractivity contribution < 1.29 is 4.79 Å². The Hall–Kier alpha value is -2.09. The first-order valence-corrected chi connectivity index (χ1v) is 7.16. The molecule has 0 aromatic heterocycles. The van der Waals surface area contributed by atoms with Crippen LogP contribution in [0.25, 0.3) is 0 Å². The molecule has 2 aromatic rings. The highest BCUT2D eigenvalue weighted by Gasteiger charge is 2.33. The van der Waals surface area contributed by atoms with Gasteiger partial charge in [-0.15, -0.1) is 0 Å². The Labute approximate surface area is 120 Å². The molecule has 2 nitrogen and oxygen atoms in total. The molecule has 20 heavy (non-hydrogen) atoms. The van der Waals surface area contributed by atoms with Crippen molar-refractivity contribution in [3.63, 3.8) is 0 Å². The van der Waals surface area contributed by atoms with Crippen molar-refractivity contribution in [2.45, 2.75) is 26.3 Å². The maximum absolute atomic E-state index is 12.5. The van der Waals surface area contributed by atoms with E-state index in [0.717, 1.165) is 18.5 Å². The van der Waals surface area contributed by atoms with Gasteiger partial charge in [0.2, 0.25) is 5.91 Å². The monoisotopic (exact) mass is 265 g/mol. The number of hydrogen-bond acceptors (Lipinski definition) is 1. The van der Waals surface area contributed by atoms with Crippen LogP contribution in [0.4, 0.5) is 5.69 Å². The van der Waals surface area contributed by atoms with E-state index in [0.29, 0.717) is 6.54 Å². The number of rotatable bonds is 4. The summed E-state index contributed by atoms with van der Waals surface area (Å²) < 4.78 is 0. The summed E-state index contributed by atoms with van der Waals surface area (Å²) in [7, 11) is 0. The van der Waals surface area contributed by atoms with Gasteiger partial charge >= 0.3 is 0 Å². The zero-order chi connectivity index (χ0) is 13.9. The second-order valence-electron chi connectivity index (χ2n) is 5.52. The van der Waals surface area contributed by atoms with E-state index in [-0.39, 0.29) is 11.8 Å². The van der Waals surface area contributed by atoms with Crippen molar-refractivity contribution in [1.29, 1.82) is 0 Å². The fourth-order valence-electron chi connectivity index (χ4n) is 2.33. The lowest BCUT2D eigenvalue weighted by molar-refractivity contribution is -0.119. The summed E-state index contributed by atoms with van der Waals surface area (Å²) >= 11 is 0. The van der Waals surface area contributed by atoms with Gasteiger partial charge in [-0.25, -0.2) is 0 Å². The minimum atomic E-state index is 0.237. The van der Waals surface area contributed by atoms with Crippen LogP contribution in [0.5, 0.6) is 0 Å². The van der Waals surface area contributed by atoms with Crippen molar-refractivity contribution in [2.75, 3.05) is 4.90 Å². The van der Waals surface area contributed by atoms with E-state index in [1.165, 1.54) is 11.1 Å². The van der Waals surface area contributed by atoms with Gasteiger partial charge in [0.05, 0.1) is 6.54 Å². The molecule has 3 rings (SSSR count). The van der Waals surface area contributed by atoms with Gasteiger partial charge in [-0.3, -0.25) is 4.79 Å². The van der Waals surface area contributed by atoms with Crippen LogP contribution < -0.4 is 4.90 Å². The molecule has 1 aliphatic rings. The molecule has 0 saturated heterocycles. The zero-order valence-corrected chi connectivity index (χ0v) is 11.8. The second-order valence-corrected chi connectivity index (χ2v) is 5.52. The fourth-order valence-corrected chi connectivity index (χ4v) is 2.33. The van der Waals surface area contributed by atoms with E-state index in [9.17, 15) is 4.79 Å². The van der Waals surface area contributed by atoms with E-state index in [1.807, 2.05) is 35.2 Å². The third-order valence-corrected chi connectivity index (χ3v) is 3.72. The highest BCUT2D eigenvalue weighted by molar-refractivity contribution is 5.96. The Morgan fingerprint density at radius 3 is 2.30 bits per heavy atom. The number of aryl methyl sites for hydroxylation is 1. The molecule has 0 aliphatic heterocycles. The van der Waals surface area contributed by atoms with Crippen molar-refractivity contribution in [2.24, 2.45) is 5.92 Å². The average Bonchev–Trinajstić information content (AvgIpc) is 3.31. The van der Waals surface area contributed by atoms with Gasteiger partial charge in [-0.1, -0.05) is 48.0 Å². The summed E-state index contributed by atoms with van der Waals surface area (Å²) in [5.41, 5.74) is 3.41. The molecular formula is C18H19NO. The molecule has 0 atom stereocenters. The molecule has 102 valence electrons. The molecule has 0 heterocycles. The summed E-state index contributed by atoms with van der Waals surface area (Å²) in [5, 5.41) is 0. The van der Waals surface area contributed by atoms with Crippen LogP contribution in [-0.2, 0) is 11.3 Å². The van der Waals surface area contributed by atoms with Gasteiger partial charge in [0.1, 0.15) is 0 Å². The zero-order valence-electron chi connectivity index (χ0n) is 11.8. The topological polar surface area (TPSA) is 20.3 Å². The standard InChI is InChI=1S/C18H19NO/c1-14-7-9-15(10-8-14)13-19(18(20)16-11-12-16)17-5-3-2-4-6-17/h2-10,16H,11-13H2,1H3. The fraction of sp³-hybridized carbons (Fsp3) is 0.278. The number of carbonyl (C=O) groups is 1. The maximum atomic E-state index is 12.5. The first kappa shape index (κ1) is 12.9. The van der Waals surface area contributed by atoms with Crippen molar-refractivity contribution in [1.82, 2.24) is 0 Å². The highest BCUT2D eigenvalue weighted by atomic mass is 16.2. The molecule has 1 saturated carbocycles. The second kappa shape index (κ2) is 5.49. The normalized spacial score (nSPS) is 14.1. The number of amides is 1. The molecule has 0 bridgehead atoms. The number of para-hydroxylation sites is 1. The van der Waals surface area contributed by atoms with Gasteiger partial charge < -0.3 is 4.90 Å². The lowest BCUT2D eigenvalue weighted by Gasteiger charge is -2.23. The molecular weight excluding hydrogens is 246 g/mol. The molecule has 0 spiro atoms. The Morgan fingerprint density at radius 1 is 1.05 bits per heavy atom. The van der Waals surface area contributed by atoms with Crippen LogP contribution in [0.1, 0.15) is 24.0 Å². The summed E-state index contributed by atoms with van der Waals surface area (Å²) in [4.78, 5) is 14.4. The minimum Gasteiger partial charge on any atom is -0.308 e. The van der Waals surface area contributed by atoms with Gasteiger partial charge in [0, 0.05) is 11.6 Å². The summed E-state index contributed by atoms with van der Waals surface area (Å²) in [6.07, 6.45) is 2.08. The predicted molar refractivity (Wildman–Crippen MR) is 81.5 cm³/mol. The minimum absolute atomic E-state index is 0.237. The van der Waals surface area contributed by atoms with Crippen LogP contribution in [-0.4, -0.2) is 5.91 Å². The van der Waals surface area contributed by atoms with E-state index in [1.54, 1.807) is 0 Å². The highest BCUT2D eigenvalue weighted by Crippen LogP contribution is 2.33. The van der Waals surface area contributed by atoms with Crippen molar-refractivity contribution in [3.05, 3.63) is 65.7 Å². The van der Waals surface area contributed by atoms with Gasteiger partial charge in [0.25, 0.3) is 0 Å². The van der Waals surface area contributed by atoms with E-state index in [4.69, 9.17) is 0 Å². The van der Waals surface area contributed by atoms with Crippen LogP contribution in [0.3, 0.4) is 0 Å². The number of nitrogens with zero attached hydrogens (tertiary/aromatic N) is 1. The molecule has 1 aliphatic carbocycles. The molecule has 0 N–H and O–H groups in total. The van der Waals surface area contributed by atoms with E-state index >= 15 is 0 Å². The van der Waals surface area contributed by atoms with Gasteiger partial charge in [0.15, 0.2) is 0 Å². The molecule has 0 radical (unpaired) electrons. The Balaban J connectivity index is 1.85. The number of hydrogen-bond donors (Lipinski definition) is 0. The first-order valence-electron chi connectivity index (χ1n) is 7.16. The summed E-state index contributed by atoms with van der Waals surface area (Å²) in [6.45, 7) is 2.73. The summed E-state index contributed by atoms with van der Waals surface area (Å²) in [5.74, 6) is 0.498. The van der Waals surface area contributed by atoms with E-state index in [2.05, 4.69) is 31.2 Å². The number of benzene rings is 2. The quantitative estimate of drug-likeness (QED) is 0.820. The number of anilines is 1. The predicted octanol–water partition coefficient (Wildman–Crippen LogP) is 3.94. The average molecular weight is 265 g/mol. The lowest BCUT2D eigenvalue weighted by atomic mass is 10.1. The molecule has 2 heteroatoms. The van der Waals surface area contributed by atoms with Gasteiger partial charge in [-0.2, -0.15) is 0 Å². The first-order chi connectivity index (χ1) is 9.74. The van der Waals surface area contributed by atoms with Crippen LogP contribution in [0, 0.1) is 12.8 Å². The largest absolute Gasteiger partial charge is 0.308 e.